The van der Waals surface area contributed by atoms with Crippen molar-refractivity contribution in [2.24, 2.45) is 7.05 Å². The second-order valence-electron chi connectivity index (χ2n) is 6.01. The molecule has 3 aromatic rings. The van der Waals surface area contributed by atoms with Crippen molar-refractivity contribution >= 4 is 11.8 Å². The lowest BCUT2D eigenvalue weighted by atomic mass is 10.0. The van der Waals surface area contributed by atoms with Gasteiger partial charge in [-0.1, -0.05) is 42.1 Å². The molecular formula is C20H18F2N2OS. The molecule has 2 aromatic carbocycles. The first kappa shape index (κ1) is 18.3. The Kier molecular flexibility index (Phi) is 5.52. The van der Waals surface area contributed by atoms with Gasteiger partial charge in [0, 0.05) is 30.5 Å². The maximum Gasteiger partial charge on any atom is 0.257 e. The van der Waals surface area contributed by atoms with Gasteiger partial charge in [0.2, 0.25) is 0 Å². The molecule has 3 nitrogen and oxygen atoms in total. The summed E-state index contributed by atoms with van der Waals surface area (Å²) in [5.74, 6) is -0.121. The molecule has 134 valence electrons. The summed E-state index contributed by atoms with van der Waals surface area (Å²) in [5, 5.41) is 0.550. The van der Waals surface area contributed by atoms with E-state index in [1.807, 2.05) is 6.07 Å². The Balaban J connectivity index is 1.86. The molecule has 0 fully saturated rings. The molecule has 0 unspecified atom stereocenters. The summed E-state index contributed by atoms with van der Waals surface area (Å²) in [6, 6.07) is 12.7. The van der Waals surface area contributed by atoms with E-state index in [1.54, 1.807) is 38.2 Å². The van der Waals surface area contributed by atoms with Crippen LogP contribution in [0.1, 0.15) is 22.4 Å². The van der Waals surface area contributed by atoms with Gasteiger partial charge in [-0.3, -0.25) is 9.36 Å². The third-order valence-electron chi connectivity index (χ3n) is 4.13. The van der Waals surface area contributed by atoms with Crippen molar-refractivity contribution in [1.82, 2.24) is 9.55 Å². The number of halogens is 2. The van der Waals surface area contributed by atoms with Gasteiger partial charge in [-0.05, 0) is 36.2 Å². The lowest BCUT2D eigenvalue weighted by molar-refractivity contribution is 0.611. The van der Waals surface area contributed by atoms with E-state index < -0.39 is 0 Å². The molecule has 0 saturated carbocycles. The van der Waals surface area contributed by atoms with Crippen LogP contribution in [0.2, 0.25) is 0 Å². The zero-order valence-corrected chi connectivity index (χ0v) is 15.3. The first-order valence-electron chi connectivity index (χ1n) is 8.13. The summed E-state index contributed by atoms with van der Waals surface area (Å²) in [6.07, 6.45) is 0.201. The predicted molar refractivity (Wildman–Crippen MR) is 99.4 cm³/mol. The van der Waals surface area contributed by atoms with E-state index in [1.165, 1.54) is 34.5 Å². The van der Waals surface area contributed by atoms with E-state index >= 15 is 0 Å². The van der Waals surface area contributed by atoms with Gasteiger partial charge in [0.15, 0.2) is 5.16 Å². The SMILES string of the molecule is Cc1nc(SCc2cccc(F)c2)n(C)c(=O)c1Cc1ccccc1F. The first-order chi connectivity index (χ1) is 12.5. The predicted octanol–water partition coefficient (Wildman–Crippen LogP) is 4.25. The standard InChI is InChI=1S/C20H18F2N2OS/c1-13-17(11-15-7-3-4-9-18(15)22)19(25)24(2)20(23-13)26-12-14-6-5-8-16(21)10-14/h3-10H,11-12H2,1-2H3. The van der Waals surface area contributed by atoms with Gasteiger partial charge in [0.05, 0.1) is 0 Å². The van der Waals surface area contributed by atoms with Crippen molar-refractivity contribution in [1.29, 1.82) is 0 Å². The zero-order chi connectivity index (χ0) is 18.7. The molecule has 0 N–H and O–H groups in total. The van der Waals surface area contributed by atoms with Gasteiger partial charge in [0.1, 0.15) is 11.6 Å². The second-order valence-corrected chi connectivity index (χ2v) is 6.95. The number of rotatable bonds is 5. The highest BCUT2D eigenvalue weighted by molar-refractivity contribution is 7.98. The lowest BCUT2D eigenvalue weighted by Crippen LogP contribution is -2.26. The summed E-state index contributed by atoms with van der Waals surface area (Å²) < 4.78 is 28.6. The van der Waals surface area contributed by atoms with Gasteiger partial charge in [-0.15, -0.1) is 0 Å². The quantitative estimate of drug-likeness (QED) is 0.496. The molecule has 0 spiro atoms. The highest BCUT2D eigenvalue weighted by Gasteiger charge is 2.14. The van der Waals surface area contributed by atoms with Crippen LogP contribution in [0, 0.1) is 18.6 Å². The van der Waals surface area contributed by atoms with Crippen LogP contribution in [-0.4, -0.2) is 9.55 Å². The van der Waals surface area contributed by atoms with Crippen LogP contribution in [-0.2, 0) is 19.2 Å². The monoisotopic (exact) mass is 372 g/mol. The van der Waals surface area contributed by atoms with Gasteiger partial charge >= 0.3 is 0 Å². The van der Waals surface area contributed by atoms with Gasteiger partial charge < -0.3 is 0 Å². The Hall–Kier alpha value is -2.47. The largest absolute Gasteiger partial charge is 0.291 e. The third kappa shape index (κ3) is 4.02. The molecule has 0 bridgehead atoms. The molecule has 0 aliphatic rings. The molecule has 6 heteroatoms. The van der Waals surface area contributed by atoms with E-state index in [2.05, 4.69) is 4.98 Å². The Morgan fingerprint density at radius 2 is 1.88 bits per heavy atom. The molecule has 1 aromatic heterocycles. The topological polar surface area (TPSA) is 34.9 Å². The molecule has 0 radical (unpaired) electrons. The van der Waals surface area contributed by atoms with E-state index in [9.17, 15) is 13.6 Å². The fraction of sp³-hybridized carbons (Fsp3) is 0.200. The van der Waals surface area contributed by atoms with Gasteiger partial charge in [-0.25, -0.2) is 13.8 Å². The number of hydrogen-bond acceptors (Lipinski definition) is 3. The fourth-order valence-corrected chi connectivity index (χ4v) is 3.62. The third-order valence-corrected chi connectivity index (χ3v) is 5.23. The maximum absolute atomic E-state index is 13.9. The summed E-state index contributed by atoms with van der Waals surface area (Å²) >= 11 is 1.37. The van der Waals surface area contributed by atoms with Crippen LogP contribution in [0.3, 0.4) is 0 Å². The van der Waals surface area contributed by atoms with E-state index in [4.69, 9.17) is 0 Å². The highest BCUT2D eigenvalue weighted by Crippen LogP contribution is 2.22. The number of thioether (sulfide) groups is 1. The summed E-state index contributed by atoms with van der Waals surface area (Å²) in [4.78, 5) is 17.2. The normalized spacial score (nSPS) is 10.9. The number of nitrogens with zero attached hydrogens (tertiary/aromatic N) is 2. The lowest BCUT2D eigenvalue weighted by Gasteiger charge is -2.12. The number of aryl methyl sites for hydroxylation is 1. The highest BCUT2D eigenvalue weighted by atomic mass is 32.2. The molecule has 0 aliphatic heterocycles. The maximum atomic E-state index is 13.9. The summed E-state index contributed by atoms with van der Waals surface area (Å²) in [5.41, 5.74) is 2.15. The van der Waals surface area contributed by atoms with Crippen molar-refractivity contribution in [3.05, 3.63) is 92.9 Å². The first-order valence-corrected chi connectivity index (χ1v) is 9.11. The van der Waals surface area contributed by atoms with Crippen LogP contribution in [0.15, 0.2) is 58.5 Å². The summed E-state index contributed by atoms with van der Waals surface area (Å²) in [6.45, 7) is 1.75. The van der Waals surface area contributed by atoms with Crippen molar-refractivity contribution in [3.8, 4) is 0 Å². The summed E-state index contributed by atoms with van der Waals surface area (Å²) in [7, 11) is 1.65. The number of hydrogen-bond donors (Lipinski definition) is 0. The average Bonchev–Trinajstić information content (AvgIpc) is 2.62. The molecule has 0 saturated heterocycles. The zero-order valence-electron chi connectivity index (χ0n) is 14.5. The Morgan fingerprint density at radius 3 is 2.62 bits per heavy atom. The van der Waals surface area contributed by atoms with Crippen molar-refractivity contribution in [3.63, 3.8) is 0 Å². The molecular weight excluding hydrogens is 354 g/mol. The van der Waals surface area contributed by atoms with Crippen molar-refractivity contribution < 1.29 is 8.78 Å². The molecule has 0 amide bonds. The Bertz CT molecular complexity index is 1000. The fourth-order valence-electron chi connectivity index (χ4n) is 2.67. The molecule has 0 atom stereocenters. The Morgan fingerprint density at radius 1 is 1.12 bits per heavy atom. The average molecular weight is 372 g/mol. The minimum absolute atomic E-state index is 0.192. The smallest absolute Gasteiger partial charge is 0.257 e. The van der Waals surface area contributed by atoms with E-state index in [0.717, 1.165) is 5.56 Å². The van der Waals surface area contributed by atoms with Crippen molar-refractivity contribution in [2.45, 2.75) is 24.3 Å². The molecule has 26 heavy (non-hydrogen) atoms. The van der Waals surface area contributed by atoms with Gasteiger partial charge in [0.25, 0.3) is 5.56 Å². The Labute approximate surface area is 154 Å². The molecule has 3 rings (SSSR count). The number of benzene rings is 2. The number of aromatic nitrogens is 2. The van der Waals surface area contributed by atoms with Crippen LogP contribution in [0.25, 0.3) is 0 Å². The van der Waals surface area contributed by atoms with Crippen LogP contribution in [0.5, 0.6) is 0 Å². The van der Waals surface area contributed by atoms with E-state index in [-0.39, 0.29) is 23.6 Å². The van der Waals surface area contributed by atoms with Gasteiger partial charge in [-0.2, -0.15) is 0 Å². The molecule has 0 aliphatic carbocycles. The molecule has 1 heterocycles. The van der Waals surface area contributed by atoms with Crippen LogP contribution >= 0.6 is 11.8 Å². The van der Waals surface area contributed by atoms with E-state index in [0.29, 0.717) is 27.7 Å². The van der Waals surface area contributed by atoms with Crippen molar-refractivity contribution in [2.75, 3.05) is 0 Å². The minimum Gasteiger partial charge on any atom is -0.291 e. The van der Waals surface area contributed by atoms with Crippen LogP contribution < -0.4 is 5.56 Å². The van der Waals surface area contributed by atoms with Crippen LogP contribution in [0.4, 0.5) is 8.78 Å². The second kappa shape index (κ2) is 7.83. The minimum atomic E-state index is -0.335.